The molecule has 1 aliphatic heterocycles. The summed E-state index contributed by atoms with van der Waals surface area (Å²) in [7, 11) is 0. The highest BCUT2D eigenvalue weighted by atomic mass is 19.1. The number of halogens is 1. The average molecular weight is 393 g/mol. The lowest BCUT2D eigenvalue weighted by Gasteiger charge is -2.31. The van der Waals surface area contributed by atoms with E-state index >= 15 is 0 Å². The Morgan fingerprint density at radius 3 is 2.62 bits per heavy atom. The molecule has 2 aromatic carbocycles. The van der Waals surface area contributed by atoms with Crippen molar-refractivity contribution >= 4 is 28.4 Å². The summed E-state index contributed by atoms with van der Waals surface area (Å²) >= 11 is 0. The minimum absolute atomic E-state index is 0.0842. The summed E-state index contributed by atoms with van der Waals surface area (Å²) in [6, 6.07) is 17.2. The van der Waals surface area contributed by atoms with Gasteiger partial charge in [0.25, 0.3) is 11.8 Å². The van der Waals surface area contributed by atoms with Crippen molar-refractivity contribution in [2.75, 3.05) is 38.0 Å². The number of nitrogens with one attached hydrogen (secondary N) is 2. The molecular formula is C22H22FN4O2+. The lowest BCUT2D eigenvalue weighted by molar-refractivity contribution is -0.895. The molecule has 0 unspecified atom stereocenters. The van der Waals surface area contributed by atoms with Crippen molar-refractivity contribution in [1.29, 1.82) is 0 Å². The van der Waals surface area contributed by atoms with Gasteiger partial charge in [-0.05, 0) is 30.3 Å². The zero-order chi connectivity index (χ0) is 20.2. The molecule has 6 nitrogen and oxygen atoms in total. The van der Waals surface area contributed by atoms with Crippen molar-refractivity contribution in [1.82, 2.24) is 9.88 Å². The van der Waals surface area contributed by atoms with Crippen LogP contribution in [0.5, 0.6) is 0 Å². The number of carbonyl (C=O) groups is 2. The van der Waals surface area contributed by atoms with Crippen molar-refractivity contribution in [3.05, 3.63) is 72.2 Å². The van der Waals surface area contributed by atoms with Gasteiger partial charge in [0, 0.05) is 11.1 Å². The summed E-state index contributed by atoms with van der Waals surface area (Å²) in [6.45, 7) is 2.77. The van der Waals surface area contributed by atoms with E-state index in [1.165, 1.54) is 12.1 Å². The van der Waals surface area contributed by atoms with E-state index in [2.05, 4.69) is 10.3 Å². The number of para-hydroxylation sites is 1. The van der Waals surface area contributed by atoms with E-state index in [4.69, 9.17) is 0 Å². The van der Waals surface area contributed by atoms with E-state index in [9.17, 15) is 14.0 Å². The number of quaternary nitrogens is 1. The second kappa shape index (κ2) is 8.36. The molecule has 0 spiro atoms. The molecule has 0 saturated carbocycles. The van der Waals surface area contributed by atoms with Crippen LogP contribution in [0.25, 0.3) is 10.9 Å². The predicted octanol–water partition coefficient (Wildman–Crippen LogP) is 1.35. The summed E-state index contributed by atoms with van der Waals surface area (Å²) < 4.78 is 13.2. The highest BCUT2D eigenvalue weighted by Gasteiger charge is 2.26. The van der Waals surface area contributed by atoms with Crippen molar-refractivity contribution in [2.45, 2.75) is 0 Å². The fraction of sp³-hybridized carbons (Fsp3) is 0.227. The normalized spacial score (nSPS) is 14.7. The summed E-state index contributed by atoms with van der Waals surface area (Å²) in [4.78, 5) is 32.3. The van der Waals surface area contributed by atoms with Crippen molar-refractivity contribution < 1.29 is 18.9 Å². The number of aromatic nitrogens is 1. The molecule has 1 saturated heterocycles. The summed E-state index contributed by atoms with van der Waals surface area (Å²) in [5, 5.41) is 3.72. The predicted molar refractivity (Wildman–Crippen MR) is 108 cm³/mol. The minimum atomic E-state index is -0.385. The summed E-state index contributed by atoms with van der Waals surface area (Å²) in [5.41, 5.74) is 1.69. The highest BCUT2D eigenvalue weighted by molar-refractivity contribution is 5.95. The third-order valence-corrected chi connectivity index (χ3v) is 5.09. The zero-order valence-electron chi connectivity index (χ0n) is 15.9. The minimum Gasteiger partial charge on any atom is -0.326 e. The Morgan fingerprint density at radius 1 is 1.03 bits per heavy atom. The number of rotatable bonds is 4. The lowest BCUT2D eigenvalue weighted by Crippen LogP contribution is -3.15. The standard InChI is InChI=1S/C22H21FN4O2/c23-17-5-3-6-18(14-17)24-21(28)15-26-10-12-27(13-11-26)22(29)20-9-8-16-4-1-2-7-19(16)25-20/h1-9,14H,10-13,15H2,(H,24,28)/p+1. The second-order valence-corrected chi connectivity index (χ2v) is 7.17. The first-order chi connectivity index (χ1) is 14.1. The number of fused-ring (bicyclic) bond motifs is 1. The molecule has 0 atom stereocenters. The highest BCUT2D eigenvalue weighted by Crippen LogP contribution is 2.13. The molecule has 0 bridgehead atoms. The van der Waals surface area contributed by atoms with Crippen LogP contribution in [-0.2, 0) is 4.79 Å². The van der Waals surface area contributed by atoms with E-state index in [0.29, 0.717) is 37.6 Å². The Balaban J connectivity index is 1.31. The first-order valence-corrected chi connectivity index (χ1v) is 9.62. The first-order valence-electron chi connectivity index (χ1n) is 9.62. The van der Waals surface area contributed by atoms with Gasteiger partial charge in [0.2, 0.25) is 0 Å². The number of benzene rings is 2. The molecule has 0 aliphatic carbocycles. The van der Waals surface area contributed by atoms with Gasteiger partial charge in [-0.3, -0.25) is 9.59 Å². The van der Waals surface area contributed by atoms with Crippen LogP contribution in [0.2, 0.25) is 0 Å². The first kappa shape index (κ1) is 19.0. The number of pyridine rings is 1. The van der Waals surface area contributed by atoms with E-state index in [-0.39, 0.29) is 24.2 Å². The number of nitrogens with zero attached hydrogens (tertiary/aromatic N) is 2. The van der Waals surface area contributed by atoms with Crippen molar-refractivity contribution in [3.63, 3.8) is 0 Å². The van der Waals surface area contributed by atoms with Crippen LogP contribution in [0.15, 0.2) is 60.7 Å². The molecule has 2 amide bonds. The topological polar surface area (TPSA) is 66.7 Å². The molecule has 1 aromatic heterocycles. The van der Waals surface area contributed by atoms with Gasteiger partial charge in [-0.2, -0.15) is 0 Å². The van der Waals surface area contributed by atoms with Crippen LogP contribution in [0, 0.1) is 5.82 Å². The van der Waals surface area contributed by atoms with Crippen LogP contribution < -0.4 is 10.2 Å². The fourth-order valence-corrected chi connectivity index (χ4v) is 3.55. The van der Waals surface area contributed by atoms with E-state index in [0.717, 1.165) is 15.8 Å². The molecule has 3 aromatic rings. The van der Waals surface area contributed by atoms with E-state index in [1.54, 1.807) is 23.1 Å². The molecule has 148 valence electrons. The molecule has 0 radical (unpaired) electrons. The molecule has 7 heteroatoms. The molecular weight excluding hydrogens is 371 g/mol. The van der Waals surface area contributed by atoms with E-state index in [1.807, 2.05) is 30.3 Å². The molecule has 29 heavy (non-hydrogen) atoms. The second-order valence-electron chi connectivity index (χ2n) is 7.17. The van der Waals surface area contributed by atoms with Gasteiger partial charge in [0.15, 0.2) is 6.54 Å². The van der Waals surface area contributed by atoms with Gasteiger partial charge in [0.05, 0.1) is 31.7 Å². The lowest BCUT2D eigenvalue weighted by atomic mass is 10.2. The molecule has 2 heterocycles. The van der Waals surface area contributed by atoms with Gasteiger partial charge in [0.1, 0.15) is 11.5 Å². The Labute approximate surface area is 167 Å². The molecule has 1 aliphatic rings. The van der Waals surface area contributed by atoms with Crippen LogP contribution in [0.1, 0.15) is 10.5 Å². The van der Waals surface area contributed by atoms with Crippen molar-refractivity contribution in [2.24, 2.45) is 0 Å². The maximum absolute atomic E-state index is 13.2. The maximum atomic E-state index is 13.2. The monoisotopic (exact) mass is 393 g/mol. The smallest absolute Gasteiger partial charge is 0.279 e. The van der Waals surface area contributed by atoms with Gasteiger partial charge in [-0.25, -0.2) is 9.37 Å². The number of piperazine rings is 1. The number of amides is 2. The Bertz CT molecular complexity index is 1050. The quantitative estimate of drug-likeness (QED) is 0.703. The number of carbonyl (C=O) groups excluding carboxylic acids is 2. The third-order valence-electron chi connectivity index (χ3n) is 5.09. The number of hydrogen-bond acceptors (Lipinski definition) is 3. The van der Waals surface area contributed by atoms with Gasteiger partial charge in [-0.15, -0.1) is 0 Å². The third kappa shape index (κ3) is 4.57. The number of anilines is 1. The molecule has 4 rings (SSSR count). The van der Waals surface area contributed by atoms with Crippen molar-refractivity contribution in [3.8, 4) is 0 Å². The number of hydrogen-bond donors (Lipinski definition) is 2. The Morgan fingerprint density at radius 2 is 1.83 bits per heavy atom. The SMILES string of the molecule is O=C(C[NH+]1CCN(C(=O)c2ccc3ccccc3n2)CC1)Nc1cccc(F)c1. The molecule has 2 N–H and O–H groups in total. The average Bonchev–Trinajstić information content (AvgIpc) is 2.73. The summed E-state index contributed by atoms with van der Waals surface area (Å²) in [5.74, 6) is -0.634. The van der Waals surface area contributed by atoms with E-state index < -0.39 is 0 Å². The Hall–Kier alpha value is -3.32. The fourth-order valence-electron chi connectivity index (χ4n) is 3.55. The largest absolute Gasteiger partial charge is 0.326 e. The Kier molecular flexibility index (Phi) is 5.48. The van der Waals surface area contributed by atoms with Gasteiger partial charge >= 0.3 is 0 Å². The van der Waals surface area contributed by atoms with Crippen LogP contribution >= 0.6 is 0 Å². The van der Waals surface area contributed by atoms with Gasteiger partial charge < -0.3 is 15.1 Å². The van der Waals surface area contributed by atoms with Crippen LogP contribution in [-0.4, -0.2) is 54.4 Å². The van der Waals surface area contributed by atoms with Gasteiger partial charge in [-0.1, -0.05) is 30.3 Å². The van der Waals surface area contributed by atoms with Crippen LogP contribution in [0.3, 0.4) is 0 Å². The van der Waals surface area contributed by atoms with Crippen LogP contribution in [0.4, 0.5) is 10.1 Å². The molecule has 1 fully saturated rings. The summed E-state index contributed by atoms with van der Waals surface area (Å²) in [6.07, 6.45) is 0. The maximum Gasteiger partial charge on any atom is 0.279 e. The zero-order valence-corrected chi connectivity index (χ0v) is 15.9.